The Morgan fingerprint density at radius 3 is 3.09 bits per heavy atom. The maximum atomic E-state index is 12.5. The summed E-state index contributed by atoms with van der Waals surface area (Å²) in [6.07, 6.45) is 3.87. The molecule has 0 unspecified atom stereocenters. The largest absolute Gasteiger partial charge is 0.349 e. The highest BCUT2D eigenvalue weighted by Crippen LogP contribution is 2.33. The van der Waals surface area contributed by atoms with E-state index in [1.165, 1.54) is 30.5 Å². The predicted octanol–water partition coefficient (Wildman–Crippen LogP) is 2.54. The molecule has 1 aliphatic heterocycles. The number of piperidine rings is 1. The van der Waals surface area contributed by atoms with Crippen LogP contribution in [-0.2, 0) is 0 Å². The normalized spacial score (nSPS) is 21.9. The molecule has 22 heavy (non-hydrogen) atoms. The monoisotopic (exact) mass is 318 g/mol. The van der Waals surface area contributed by atoms with Gasteiger partial charge in [-0.1, -0.05) is 13.8 Å². The molecule has 0 saturated carbocycles. The Bertz CT molecular complexity index is 682. The van der Waals surface area contributed by atoms with Crippen molar-refractivity contribution in [2.75, 3.05) is 20.1 Å². The van der Waals surface area contributed by atoms with E-state index in [4.69, 9.17) is 0 Å². The second kappa shape index (κ2) is 5.93. The highest BCUT2D eigenvalue weighted by Gasteiger charge is 2.35. The zero-order chi connectivity index (χ0) is 15.7. The average Bonchev–Trinajstić information content (AvgIpc) is 2.94. The molecule has 0 spiro atoms. The van der Waals surface area contributed by atoms with Gasteiger partial charge in [-0.05, 0) is 43.3 Å². The number of hydrogen-bond acceptors (Lipinski definition) is 5. The lowest BCUT2D eigenvalue weighted by molar-refractivity contribution is 0.0555. The van der Waals surface area contributed by atoms with Gasteiger partial charge in [0.25, 0.3) is 5.91 Å². The molecule has 1 aliphatic rings. The van der Waals surface area contributed by atoms with E-state index in [0.717, 1.165) is 16.8 Å². The maximum absolute atomic E-state index is 12.5. The van der Waals surface area contributed by atoms with Crippen molar-refractivity contribution in [3.05, 3.63) is 23.5 Å². The number of aromatic nitrogens is 2. The summed E-state index contributed by atoms with van der Waals surface area (Å²) in [5, 5.41) is 5.01. The average molecular weight is 318 g/mol. The van der Waals surface area contributed by atoms with Crippen molar-refractivity contribution in [3.63, 3.8) is 0 Å². The molecule has 1 atom stereocenters. The van der Waals surface area contributed by atoms with Crippen LogP contribution in [0.1, 0.15) is 37.2 Å². The SMILES string of the molecule is CN1CCCC(C)(C)[C@@H]1CNC(=O)c1ncnc2ccsc12. The fraction of sp³-hybridized carbons (Fsp3) is 0.562. The number of rotatable bonds is 3. The Labute approximate surface area is 134 Å². The first kappa shape index (κ1) is 15.4. The van der Waals surface area contributed by atoms with E-state index in [0.29, 0.717) is 18.3 Å². The first-order chi connectivity index (χ1) is 10.5. The number of carbonyl (C=O) groups excluding carboxylic acids is 1. The molecular weight excluding hydrogens is 296 g/mol. The topological polar surface area (TPSA) is 58.1 Å². The van der Waals surface area contributed by atoms with E-state index in [9.17, 15) is 4.79 Å². The van der Waals surface area contributed by atoms with Gasteiger partial charge in [-0.3, -0.25) is 4.79 Å². The first-order valence-electron chi connectivity index (χ1n) is 7.66. The minimum Gasteiger partial charge on any atom is -0.349 e. The number of likely N-dealkylation sites (N-methyl/N-ethyl adjacent to an activating group) is 1. The summed E-state index contributed by atoms with van der Waals surface area (Å²) in [7, 11) is 2.14. The van der Waals surface area contributed by atoms with Crippen LogP contribution in [0.4, 0.5) is 0 Å². The van der Waals surface area contributed by atoms with Gasteiger partial charge in [0.2, 0.25) is 0 Å². The molecule has 2 aromatic heterocycles. The van der Waals surface area contributed by atoms with Gasteiger partial charge < -0.3 is 10.2 Å². The Kier molecular flexibility index (Phi) is 4.14. The highest BCUT2D eigenvalue weighted by atomic mass is 32.1. The van der Waals surface area contributed by atoms with E-state index in [1.54, 1.807) is 0 Å². The van der Waals surface area contributed by atoms with Crippen LogP contribution < -0.4 is 5.32 Å². The van der Waals surface area contributed by atoms with E-state index in [-0.39, 0.29) is 11.3 Å². The van der Waals surface area contributed by atoms with E-state index in [2.05, 4.69) is 41.1 Å². The molecule has 3 heterocycles. The number of likely N-dealkylation sites (tertiary alicyclic amines) is 1. The molecule has 0 aromatic carbocycles. The fourth-order valence-corrected chi connectivity index (χ4v) is 4.19. The molecule has 118 valence electrons. The number of carbonyl (C=O) groups is 1. The number of thiophene rings is 1. The van der Waals surface area contributed by atoms with Crippen LogP contribution in [0.25, 0.3) is 10.2 Å². The highest BCUT2D eigenvalue weighted by molar-refractivity contribution is 7.17. The van der Waals surface area contributed by atoms with Crippen LogP contribution in [-0.4, -0.2) is 47.0 Å². The Balaban J connectivity index is 1.73. The second-order valence-corrected chi connectivity index (χ2v) is 7.57. The summed E-state index contributed by atoms with van der Waals surface area (Å²) in [6, 6.07) is 2.27. The summed E-state index contributed by atoms with van der Waals surface area (Å²) in [6.45, 7) is 6.30. The van der Waals surface area contributed by atoms with Gasteiger partial charge in [0.15, 0.2) is 0 Å². The second-order valence-electron chi connectivity index (χ2n) is 6.66. The van der Waals surface area contributed by atoms with Gasteiger partial charge in [-0.25, -0.2) is 9.97 Å². The fourth-order valence-electron chi connectivity index (χ4n) is 3.36. The minimum absolute atomic E-state index is 0.107. The lowest BCUT2D eigenvalue weighted by atomic mass is 9.76. The van der Waals surface area contributed by atoms with Crippen molar-refractivity contribution in [3.8, 4) is 0 Å². The van der Waals surface area contributed by atoms with E-state index >= 15 is 0 Å². The van der Waals surface area contributed by atoms with Crippen molar-refractivity contribution >= 4 is 27.5 Å². The van der Waals surface area contributed by atoms with Gasteiger partial charge in [0.05, 0.1) is 10.2 Å². The van der Waals surface area contributed by atoms with Gasteiger partial charge >= 0.3 is 0 Å². The van der Waals surface area contributed by atoms with Gasteiger partial charge in [-0.2, -0.15) is 0 Å². The van der Waals surface area contributed by atoms with Crippen LogP contribution in [0.3, 0.4) is 0 Å². The van der Waals surface area contributed by atoms with E-state index < -0.39 is 0 Å². The Morgan fingerprint density at radius 1 is 1.50 bits per heavy atom. The van der Waals surface area contributed by atoms with Crippen molar-refractivity contribution < 1.29 is 4.79 Å². The smallest absolute Gasteiger partial charge is 0.271 e. The van der Waals surface area contributed by atoms with Crippen molar-refractivity contribution in [2.24, 2.45) is 5.41 Å². The molecule has 1 fully saturated rings. The molecule has 1 N–H and O–H groups in total. The zero-order valence-corrected chi connectivity index (χ0v) is 14.1. The van der Waals surface area contributed by atoms with Crippen LogP contribution in [0.15, 0.2) is 17.8 Å². The standard InChI is InChI=1S/C16H22N4OS/c1-16(2)6-4-7-20(3)12(16)9-17-15(21)13-14-11(5-8-22-14)18-10-19-13/h5,8,10,12H,4,6-7,9H2,1-3H3,(H,17,21)/t12-/m0/s1. The van der Waals surface area contributed by atoms with Gasteiger partial charge in [-0.15, -0.1) is 11.3 Å². The molecule has 6 heteroatoms. The third-order valence-electron chi connectivity index (χ3n) is 4.68. The molecule has 3 rings (SSSR count). The Morgan fingerprint density at radius 2 is 2.32 bits per heavy atom. The van der Waals surface area contributed by atoms with Crippen molar-refractivity contribution in [1.82, 2.24) is 20.2 Å². The number of amides is 1. The lowest BCUT2D eigenvalue weighted by Crippen LogP contribution is -2.53. The molecular formula is C16H22N4OS. The molecule has 0 aliphatic carbocycles. The summed E-state index contributed by atoms with van der Waals surface area (Å²) in [5.41, 5.74) is 1.53. The summed E-state index contributed by atoms with van der Waals surface area (Å²) >= 11 is 1.51. The van der Waals surface area contributed by atoms with Gasteiger partial charge in [0, 0.05) is 12.6 Å². The zero-order valence-electron chi connectivity index (χ0n) is 13.3. The van der Waals surface area contributed by atoms with Crippen LogP contribution in [0.2, 0.25) is 0 Å². The number of nitrogens with zero attached hydrogens (tertiary/aromatic N) is 3. The molecule has 0 bridgehead atoms. The number of fused-ring (bicyclic) bond motifs is 1. The van der Waals surface area contributed by atoms with Gasteiger partial charge in [0.1, 0.15) is 12.0 Å². The summed E-state index contributed by atoms with van der Waals surface area (Å²) in [5.74, 6) is -0.107. The lowest BCUT2D eigenvalue weighted by Gasteiger charge is -2.45. The quantitative estimate of drug-likeness (QED) is 0.945. The molecule has 2 aromatic rings. The third kappa shape index (κ3) is 2.85. The van der Waals surface area contributed by atoms with Crippen molar-refractivity contribution in [1.29, 1.82) is 0 Å². The number of nitrogens with one attached hydrogen (secondary N) is 1. The summed E-state index contributed by atoms with van der Waals surface area (Å²) < 4.78 is 0.858. The molecule has 5 nitrogen and oxygen atoms in total. The van der Waals surface area contributed by atoms with Crippen molar-refractivity contribution in [2.45, 2.75) is 32.7 Å². The van der Waals surface area contributed by atoms with Crippen LogP contribution in [0, 0.1) is 5.41 Å². The molecule has 1 saturated heterocycles. The summed E-state index contributed by atoms with van der Waals surface area (Å²) in [4.78, 5) is 23.2. The first-order valence-corrected chi connectivity index (χ1v) is 8.53. The van der Waals surface area contributed by atoms with Crippen LogP contribution in [0.5, 0.6) is 0 Å². The predicted molar refractivity (Wildman–Crippen MR) is 89.2 cm³/mol. The number of hydrogen-bond donors (Lipinski definition) is 1. The Hall–Kier alpha value is -1.53. The molecule has 0 radical (unpaired) electrons. The van der Waals surface area contributed by atoms with Crippen LogP contribution >= 0.6 is 11.3 Å². The minimum atomic E-state index is -0.107. The third-order valence-corrected chi connectivity index (χ3v) is 5.59. The molecule has 1 amide bonds. The maximum Gasteiger partial charge on any atom is 0.271 e. The van der Waals surface area contributed by atoms with E-state index in [1.807, 2.05) is 11.4 Å².